The Bertz CT molecular complexity index is 671. The fourth-order valence-corrected chi connectivity index (χ4v) is 1.88. The fourth-order valence-electron chi connectivity index (χ4n) is 1.38. The van der Waals surface area contributed by atoms with Crippen LogP contribution in [0.1, 0.15) is 10.4 Å². The van der Waals surface area contributed by atoms with Gasteiger partial charge in [0.25, 0.3) is 5.95 Å². The Morgan fingerprint density at radius 3 is 2.65 bits per heavy atom. The van der Waals surface area contributed by atoms with Gasteiger partial charge in [-0.3, -0.25) is 5.32 Å². The molecule has 0 fully saturated rings. The number of amides is 2. The molecule has 0 aliphatic rings. The Morgan fingerprint density at radius 2 is 2.05 bits per heavy atom. The third-order valence-corrected chi connectivity index (χ3v) is 2.59. The van der Waals surface area contributed by atoms with Crippen molar-refractivity contribution in [3.05, 3.63) is 28.2 Å². The second-order valence-electron chi connectivity index (χ2n) is 3.72. The van der Waals surface area contributed by atoms with Crippen LogP contribution in [-0.2, 0) is 7.05 Å². The summed E-state index contributed by atoms with van der Waals surface area (Å²) >= 11 is 3.17. The first-order valence-electron chi connectivity index (χ1n) is 5.30. The van der Waals surface area contributed by atoms with Crippen molar-refractivity contribution in [2.75, 3.05) is 10.6 Å². The molecule has 0 saturated carbocycles. The number of nitrogens with one attached hydrogen (secondary N) is 2. The molecule has 20 heavy (non-hydrogen) atoms. The number of aryl methyl sites for hydroxylation is 1. The zero-order chi connectivity index (χ0) is 14.7. The van der Waals surface area contributed by atoms with Crippen molar-refractivity contribution in [2.45, 2.75) is 0 Å². The summed E-state index contributed by atoms with van der Waals surface area (Å²) in [6.07, 6.45) is 0. The second-order valence-corrected chi connectivity index (χ2v) is 4.63. The number of tetrazole rings is 1. The van der Waals surface area contributed by atoms with E-state index in [0.29, 0.717) is 10.2 Å². The summed E-state index contributed by atoms with van der Waals surface area (Å²) in [4.78, 5) is 23.8. The van der Waals surface area contributed by atoms with Crippen LogP contribution in [0, 0.1) is 0 Å². The van der Waals surface area contributed by atoms with Crippen molar-refractivity contribution in [3.8, 4) is 0 Å². The summed E-state index contributed by atoms with van der Waals surface area (Å²) in [5.41, 5.74) is 0.366. The Kier molecular flexibility index (Phi) is 3.94. The summed E-state index contributed by atoms with van der Waals surface area (Å²) in [6.45, 7) is 0. The number of carboxylic acid groups (broad SMARTS) is 1. The predicted octanol–water partition coefficient (Wildman–Crippen LogP) is 1.31. The van der Waals surface area contributed by atoms with Gasteiger partial charge in [-0.1, -0.05) is 21.0 Å². The predicted molar refractivity (Wildman–Crippen MR) is 72.5 cm³/mol. The van der Waals surface area contributed by atoms with Gasteiger partial charge in [0.15, 0.2) is 0 Å². The molecule has 2 rings (SSSR count). The average Bonchev–Trinajstić information content (AvgIpc) is 2.73. The number of carbonyl (C=O) groups is 2. The maximum Gasteiger partial charge on any atom is 0.335 e. The van der Waals surface area contributed by atoms with E-state index >= 15 is 0 Å². The molecule has 104 valence electrons. The Hall–Kier alpha value is -2.49. The lowest BCUT2D eigenvalue weighted by Crippen LogP contribution is -2.20. The topological polar surface area (TPSA) is 122 Å². The normalized spacial score (nSPS) is 10.1. The molecule has 3 N–H and O–H groups in total. The Balaban J connectivity index is 2.09. The number of anilines is 2. The van der Waals surface area contributed by atoms with Crippen molar-refractivity contribution in [2.24, 2.45) is 7.05 Å². The molecule has 0 saturated heterocycles. The first-order chi connectivity index (χ1) is 9.44. The molecule has 2 aromatic rings. The second kappa shape index (κ2) is 5.65. The summed E-state index contributed by atoms with van der Waals surface area (Å²) in [5.74, 6) is -1.05. The van der Waals surface area contributed by atoms with Crippen LogP contribution in [0.4, 0.5) is 16.4 Å². The number of aromatic nitrogens is 4. The summed E-state index contributed by atoms with van der Waals surface area (Å²) < 4.78 is 0.533. The van der Waals surface area contributed by atoms with E-state index in [1.54, 1.807) is 13.1 Å². The highest BCUT2D eigenvalue weighted by atomic mass is 79.9. The number of nitrogens with zero attached hydrogens (tertiary/aromatic N) is 4. The molecule has 0 aliphatic carbocycles. The molecule has 0 radical (unpaired) electrons. The van der Waals surface area contributed by atoms with Crippen molar-refractivity contribution >= 4 is 39.6 Å². The van der Waals surface area contributed by atoms with Crippen LogP contribution in [0.25, 0.3) is 0 Å². The van der Waals surface area contributed by atoms with Crippen LogP contribution >= 0.6 is 15.9 Å². The van der Waals surface area contributed by atoms with E-state index in [4.69, 9.17) is 5.11 Å². The van der Waals surface area contributed by atoms with E-state index in [-0.39, 0.29) is 11.5 Å². The monoisotopic (exact) mass is 340 g/mol. The fraction of sp³-hybridized carbons (Fsp3) is 0.100. The molecule has 10 heteroatoms. The van der Waals surface area contributed by atoms with Crippen LogP contribution < -0.4 is 10.6 Å². The minimum absolute atomic E-state index is 0.0402. The molecule has 0 unspecified atom stereocenters. The van der Waals surface area contributed by atoms with Gasteiger partial charge in [-0.15, -0.1) is 5.10 Å². The Morgan fingerprint density at radius 1 is 1.30 bits per heavy atom. The smallest absolute Gasteiger partial charge is 0.335 e. The number of rotatable bonds is 3. The van der Waals surface area contributed by atoms with E-state index in [9.17, 15) is 9.59 Å². The molecule has 0 atom stereocenters. The standard InChI is InChI=1S/C10H9BrN6O3/c1-17-15-9(14-16-17)13-10(20)12-7-3-5(8(18)19)2-6(11)4-7/h2-4H,1H3,(H,18,19)(H2,12,13,15,20). The van der Waals surface area contributed by atoms with Gasteiger partial charge in [-0.25, -0.2) is 9.59 Å². The first kappa shape index (κ1) is 13.9. The maximum absolute atomic E-state index is 11.7. The summed E-state index contributed by atoms with van der Waals surface area (Å²) in [6, 6.07) is 3.72. The van der Waals surface area contributed by atoms with E-state index in [1.165, 1.54) is 16.9 Å². The minimum atomic E-state index is -1.09. The van der Waals surface area contributed by atoms with Gasteiger partial charge < -0.3 is 10.4 Å². The van der Waals surface area contributed by atoms with Gasteiger partial charge in [0.05, 0.1) is 12.6 Å². The number of urea groups is 1. The third kappa shape index (κ3) is 3.51. The van der Waals surface area contributed by atoms with Crippen molar-refractivity contribution in [1.29, 1.82) is 0 Å². The maximum atomic E-state index is 11.7. The zero-order valence-corrected chi connectivity index (χ0v) is 11.7. The lowest BCUT2D eigenvalue weighted by atomic mass is 10.2. The number of carbonyl (C=O) groups excluding carboxylic acids is 1. The van der Waals surface area contributed by atoms with Crippen molar-refractivity contribution in [1.82, 2.24) is 20.2 Å². The van der Waals surface area contributed by atoms with Crippen molar-refractivity contribution in [3.63, 3.8) is 0 Å². The van der Waals surface area contributed by atoms with Gasteiger partial charge in [0.1, 0.15) is 0 Å². The summed E-state index contributed by atoms with van der Waals surface area (Å²) in [7, 11) is 1.56. The van der Waals surface area contributed by atoms with E-state index in [2.05, 4.69) is 42.0 Å². The number of halogens is 1. The van der Waals surface area contributed by atoms with Crippen LogP contribution in [0.2, 0.25) is 0 Å². The van der Waals surface area contributed by atoms with Gasteiger partial charge in [0, 0.05) is 10.2 Å². The number of carboxylic acids is 1. The lowest BCUT2D eigenvalue weighted by Gasteiger charge is -2.06. The largest absolute Gasteiger partial charge is 0.478 e. The highest BCUT2D eigenvalue weighted by molar-refractivity contribution is 9.10. The molecule has 0 spiro atoms. The van der Waals surface area contributed by atoms with Gasteiger partial charge in [-0.05, 0) is 23.4 Å². The molecule has 9 nitrogen and oxygen atoms in total. The van der Waals surface area contributed by atoms with Crippen LogP contribution in [0.15, 0.2) is 22.7 Å². The molecule has 1 aromatic carbocycles. The van der Waals surface area contributed by atoms with E-state index in [1.807, 2.05) is 0 Å². The van der Waals surface area contributed by atoms with E-state index < -0.39 is 12.0 Å². The van der Waals surface area contributed by atoms with Crippen LogP contribution in [0.3, 0.4) is 0 Å². The Labute approximate surface area is 121 Å². The quantitative estimate of drug-likeness (QED) is 0.774. The van der Waals surface area contributed by atoms with Gasteiger partial charge in [0.2, 0.25) is 0 Å². The summed E-state index contributed by atoms with van der Waals surface area (Å²) in [5, 5.41) is 24.7. The molecule has 1 heterocycles. The average molecular weight is 341 g/mol. The number of hydrogen-bond acceptors (Lipinski definition) is 5. The molecule has 0 bridgehead atoms. The molecular formula is C10H9BrN6O3. The van der Waals surface area contributed by atoms with Crippen molar-refractivity contribution < 1.29 is 14.7 Å². The van der Waals surface area contributed by atoms with Gasteiger partial charge in [-0.2, -0.15) is 4.80 Å². The lowest BCUT2D eigenvalue weighted by molar-refractivity contribution is 0.0697. The first-order valence-corrected chi connectivity index (χ1v) is 6.09. The minimum Gasteiger partial charge on any atom is -0.478 e. The highest BCUT2D eigenvalue weighted by Crippen LogP contribution is 2.19. The van der Waals surface area contributed by atoms with Gasteiger partial charge >= 0.3 is 12.0 Å². The third-order valence-electron chi connectivity index (χ3n) is 2.14. The molecule has 2 amide bonds. The number of aromatic carboxylic acids is 1. The number of benzene rings is 1. The van der Waals surface area contributed by atoms with E-state index in [0.717, 1.165) is 0 Å². The highest BCUT2D eigenvalue weighted by Gasteiger charge is 2.10. The number of hydrogen-bond donors (Lipinski definition) is 3. The molecular weight excluding hydrogens is 332 g/mol. The van der Waals surface area contributed by atoms with Crippen LogP contribution in [-0.4, -0.2) is 37.3 Å². The zero-order valence-electron chi connectivity index (χ0n) is 10.2. The van der Waals surface area contributed by atoms with Crippen LogP contribution in [0.5, 0.6) is 0 Å². The SMILES string of the molecule is Cn1nnc(NC(=O)Nc2cc(Br)cc(C(=O)O)c2)n1. The molecule has 1 aromatic heterocycles. The molecule has 0 aliphatic heterocycles.